The van der Waals surface area contributed by atoms with Crippen LogP contribution < -0.4 is 4.90 Å². The summed E-state index contributed by atoms with van der Waals surface area (Å²) in [7, 11) is 0. The number of benzene rings is 4. The number of fused-ring (bicyclic) bond motifs is 2. The van der Waals surface area contributed by atoms with Gasteiger partial charge in [0.05, 0.1) is 0 Å². The van der Waals surface area contributed by atoms with E-state index in [2.05, 4.69) is 95.0 Å². The summed E-state index contributed by atoms with van der Waals surface area (Å²) < 4.78 is 0. The maximum Gasteiger partial charge on any atom is 0.194 e. The Morgan fingerprint density at radius 3 is 1.27 bits per heavy atom. The lowest BCUT2D eigenvalue weighted by Gasteiger charge is -2.29. The van der Waals surface area contributed by atoms with Gasteiger partial charge in [-0.15, -0.1) is 0 Å². The number of nitrogens with zero attached hydrogens (tertiary/aromatic N) is 1. The number of ketones is 2. The number of carbonyl (C=O) groups excluding carboxylic acids is 2. The average Bonchev–Trinajstić information content (AvgIpc) is 2.87. The van der Waals surface area contributed by atoms with E-state index in [9.17, 15) is 9.59 Å². The molecular weight excluding hydrogens is 454 g/mol. The highest BCUT2D eigenvalue weighted by molar-refractivity contribution is 6.28. The van der Waals surface area contributed by atoms with Crippen molar-refractivity contribution in [3.8, 4) is 0 Å². The van der Waals surface area contributed by atoms with Gasteiger partial charge in [0.15, 0.2) is 11.6 Å². The lowest BCUT2D eigenvalue weighted by atomic mass is 9.83. The summed E-state index contributed by atoms with van der Waals surface area (Å²) in [5, 5.41) is 0. The molecule has 0 aromatic heterocycles. The number of carbonyl (C=O) groups is 2. The summed E-state index contributed by atoms with van der Waals surface area (Å²) in [5.41, 5.74) is 7.26. The van der Waals surface area contributed by atoms with Crippen LogP contribution in [0.1, 0.15) is 84.5 Å². The first-order chi connectivity index (χ1) is 17.4. The van der Waals surface area contributed by atoms with Crippen molar-refractivity contribution in [3.63, 3.8) is 0 Å². The normalized spacial score (nSPS) is 13.2. The Kier molecular flexibility index (Phi) is 5.91. The van der Waals surface area contributed by atoms with Gasteiger partial charge in [-0.3, -0.25) is 9.59 Å². The minimum atomic E-state index is -0.113. The zero-order valence-corrected chi connectivity index (χ0v) is 22.4. The van der Waals surface area contributed by atoms with Crippen molar-refractivity contribution in [2.45, 2.75) is 52.4 Å². The monoisotopic (exact) mass is 487 g/mol. The van der Waals surface area contributed by atoms with Crippen molar-refractivity contribution in [3.05, 3.63) is 124 Å². The number of hydrogen-bond donors (Lipinski definition) is 0. The van der Waals surface area contributed by atoms with E-state index < -0.39 is 0 Å². The minimum Gasteiger partial charge on any atom is -0.310 e. The molecule has 0 N–H and O–H groups in total. The Morgan fingerprint density at radius 2 is 0.838 bits per heavy atom. The smallest absolute Gasteiger partial charge is 0.194 e. The first-order valence-electron chi connectivity index (χ1n) is 12.8. The third kappa shape index (κ3) is 4.51. The third-order valence-corrected chi connectivity index (χ3v) is 7.15. The first kappa shape index (κ1) is 24.7. The molecule has 0 spiro atoms. The van der Waals surface area contributed by atoms with Crippen LogP contribution in [0.3, 0.4) is 0 Å². The van der Waals surface area contributed by atoms with Gasteiger partial charge in [-0.2, -0.15) is 0 Å². The summed E-state index contributed by atoms with van der Waals surface area (Å²) >= 11 is 0. The van der Waals surface area contributed by atoms with E-state index >= 15 is 0 Å². The maximum absolute atomic E-state index is 13.4. The van der Waals surface area contributed by atoms with Gasteiger partial charge >= 0.3 is 0 Å². The molecule has 0 saturated heterocycles. The molecule has 0 fully saturated rings. The highest BCUT2D eigenvalue weighted by atomic mass is 16.1. The Hall–Kier alpha value is -3.98. The molecule has 0 bridgehead atoms. The highest BCUT2D eigenvalue weighted by Gasteiger charge is 2.30. The second kappa shape index (κ2) is 8.85. The average molecular weight is 488 g/mol. The molecule has 0 amide bonds. The number of rotatable bonds is 3. The first-order valence-corrected chi connectivity index (χ1v) is 12.8. The Labute approximate surface area is 219 Å². The van der Waals surface area contributed by atoms with Gasteiger partial charge in [0, 0.05) is 39.3 Å². The molecule has 186 valence electrons. The third-order valence-electron chi connectivity index (χ3n) is 7.15. The van der Waals surface area contributed by atoms with Crippen LogP contribution in [0.2, 0.25) is 0 Å². The zero-order valence-electron chi connectivity index (χ0n) is 22.4. The summed E-state index contributed by atoms with van der Waals surface area (Å²) in [5.74, 6) is -0.217. The Balaban J connectivity index is 1.64. The van der Waals surface area contributed by atoms with Crippen molar-refractivity contribution in [2.24, 2.45) is 0 Å². The van der Waals surface area contributed by atoms with E-state index in [0.29, 0.717) is 22.3 Å². The van der Waals surface area contributed by atoms with Crippen LogP contribution in [0.15, 0.2) is 91.0 Å². The van der Waals surface area contributed by atoms with Gasteiger partial charge in [-0.05, 0) is 64.4 Å². The fourth-order valence-electron chi connectivity index (χ4n) is 4.89. The maximum atomic E-state index is 13.4. The molecule has 0 unspecified atom stereocenters. The van der Waals surface area contributed by atoms with E-state index in [1.54, 1.807) is 30.3 Å². The van der Waals surface area contributed by atoms with Crippen LogP contribution in [0.25, 0.3) is 0 Å². The minimum absolute atomic E-state index is 0.0453. The molecular formula is C34H33NO2. The summed E-state index contributed by atoms with van der Waals surface area (Å²) in [6.07, 6.45) is 0. The van der Waals surface area contributed by atoms with Crippen LogP contribution >= 0.6 is 0 Å². The van der Waals surface area contributed by atoms with Gasteiger partial charge < -0.3 is 4.90 Å². The fraction of sp³-hybridized carbons (Fsp3) is 0.235. The standard InChI is InChI=1S/C34H33NO2/c1-33(2,3)22-11-15-24(16-12-22)35(25-17-13-23(14-18-25)34(4,5)6)26-19-20-29-30(21-26)32(37)28-10-8-7-9-27(28)31(29)36/h7-21H,1-6H3. The molecule has 0 heterocycles. The molecule has 0 atom stereocenters. The second-order valence-electron chi connectivity index (χ2n) is 11.9. The lowest BCUT2D eigenvalue weighted by molar-refractivity contribution is 0.0979. The van der Waals surface area contributed by atoms with Crippen LogP contribution in [0.5, 0.6) is 0 Å². The Bertz CT molecular complexity index is 1440. The van der Waals surface area contributed by atoms with E-state index in [1.165, 1.54) is 11.1 Å². The van der Waals surface area contributed by atoms with Crippen LogP contribution in [0, 0.1) is 0 Å². The molecule has 3 heteroatoms. The second-order valence-corrected chi connectivity index (χ2v) is 11.9. The molecule has 1 aliphatic rings. The van der Waals surface area contributed by atoms with Crippen molar-refractivity contribution in [1.29, 1.82) is 0 Å². The van der Waals surface area contributed by atoms with Gasteiger partial charge in [-0.1, -0.05) is 90.1 Å². The largest absolute Gasteiger partial charge is 0.310 e. The number of hydrogen-bond acceptors (Lipinski definition) is 3. The van der Waals surface area contributed by atoms with Gasteiger partial charge in [0.25, 0.3) is 0 Å². The lowest BCUT2D eigenvalue weighted by Crippen LogP contribution is -2.21. The van der Waals surface area contributed by atoms with E-state index in [4.69, 9.17) is 0 Å². The predicted molar refractivity (Wildman–Crippen MR) is 152 cm³/mol. The molecule has 4 aromatic rings. The SMILES string of the molecule is CC(C)(C)c1ccc(N(c2ccc(C(C)(C)C)cc2)c2ccc3c(c2)C(=O)c2ccccc2C3=O)cc1. The summed E-state index contributed by atoms with van der Waals surface area (Å²) in [6, 6.07) is 29.8. The molecule has 0 saturated carbocycles. The summed E-state index contributed by atoms with van der Waals surface area (Å²) in [6.45, 7) is 13.2. The molecule has 5 rings (SSSR count). The number of anilines is 3. The van der Waals surface area contributed by atoms with Gasteiger partial charge in [0.2, 0.25) is 0 Å². The van der Waals surface area contributed by atoms with Crippen molar-refractivity contribution >= 4 is 28.6 Å². The van der Waals surface area contributed by atoms with E-state index in [-0.39, 0.29) is 22.4 Å². The van der Waals surface area contributed by atoms with Crippen molar-refractivity contribution in [2.75, 3.05) is 4.90 Å². The summed E-state index contributed by atoms with van der Waals surface area (Å²) in [4.78, 5) is 28.8. The molecule has 3 nitrogen and oxygen atoms in total. The predicted octanol–water partition coefficient (Wildman–Crippen LogP) is 8.53. The topological polar surface area (TPSA) is 37.4 Å². The molecule has 4 aromatic carbocycles. The fourth-order valence-corrected chi connectivity index (χ4v) is 4.89. The van der Waals surface area contributed by atoms with Gasteiger partial charge in [0.1, 0.15) is 0 Å². The highest BCUT2D eigenvalue weighted by Crippen LogP contribution is 2.39. The molecule has 0 radical (unpaired) electrons. The zero-order chi connectivity index (χ0) is 26.5. The van der Waals surface area contributed by atoms with Crippen LogP contribution in [-0.4, -0.2) is 11.6 Å². The van der Waals surface area contributed by atoms with Crippen molar-refractivity contribution < 1.29 is 9.59 Å². The molecule has 0 aliphatic heterocycles. The molecule has 37 heavy (non-hydrogen) atoms. The van der Waals surface area contributed by atoms with Crippen LogP contribution in [-0.2, 0) is 10.8 Å². The van der Waals surface area contributed by atoms with E-state index in [0.717, 1.165) is 17.1 Å². The molecule has 1 aliphatic carbocycles. The van der Waals surface area contributed by atoms with Gasteiger partial charge in [-0.25, -0.2) is 0 Å². The Morgan fingerprint density at radius 1 is 0.459 bits per heavy atom. The quantitative estimate of drug-likeness (QED) is 0.256. The van der Waals surface area contributed by atoms with Crippen LogP contribution in [0.4, 0.5) is 17.1 Å². The van der Waals surface area contributed by atoms with E-state index in [1.807, 2.05) is 12.1 Å². The van der Waals surface area contributed by atoms with Crippen molar-refractivity contribution in [1.82, 2.24) is 0 Å².